The molecular weight excluding hydrogens is 364 g/mol. The molecule has 0 aromatic carbocycles. The van der Waals surface area contributed by atoms with Crippen LogP contribution in [0.4, 0.5) is 0 Å². The number of rotatable bonds is 13. The Hall–Kier alpha value is -1.73. The number of aromatic nitrogens is 2. The third-order valence-corrected chi connectivity index (χ3v) is 3.80. The molecule has 0 bridgehead atoms. The van der Waals surface area contributed by atoms with Crippen LogP contribution in [0.1, 0.15) is 30.3 Å². The quantitative estimate of drug-likeness (QED) is 0.174. The van der Waals surface area contributed by atoms with Crippen molar-refractivity contribution in [3.63, 3.8) is 0 Å². The number of aliphatic hydroxyl groups excluding tert-OH is 6. The molecule has 0 aliphatic carbocycles. The molecule has 11 nitrogen and oxygen atoms in total. The summed E-state index contributed by atoms with van der Waals surface area (Å²) in [5.74, 6) is -1.01. The Balaban J connectivity index is 2.73. The zero-order chi connectivity index (χ0) is 20.4. The van der Waals surface area contributed by atoms with Gasteiger partial charge in [-0.25, -0.2) is 0 Å². The number of carbonyl (C=O) groups is 1. The van der Waals surface area contributed by atoms with Crippen molar-refractivity contribution in [1.29, 1.82) is 0 Å². The minimum Gasteiger partial charge on any atom is -0.481 e. The van der Waals surface area contributed by atoms with Crippen molar-refractivity contribution in [2.75, 3.05) is 19.8 Å². The van der Waals surface area contributed by atoms with E-state index in [0.717, 1.165) is 0 Å². The molecular formula is C16H26N2O9. The van der Waals surface area contributed by atoms with Crippen molar-refractivity contribution in [2.24, 2.45) is 0 Å². The normalized spacial score (nSPS) is 17.1. The van der Waals surface area contributed by atoms with E-state index in [0.29, 0.717) is 5.69 Å². The first-order valence-corrected chi connectivity index (χ1v) is 8.38. The highest BCUT2D eigenvalue weighted by atomic mass is 16.5. The number of carboxylic acids is 1. The Kier molecular flexibility index (Phi) is 10.3. The van der Waals surface area contributed by atoms with E-state index in [9.17, 15) is 25.2 Å². The van der Waals surface area contributed by atoms with Gasteiger partial charge in [0.2, 0.25) is 0 Å². The Morgan fingerprint density at radius 3 is 2.19 bits per heavy atom. The van der Waals surface area contributed by atoms with Crippen LogP contribution in [0.3, 0.4) is 0 Å². The lowest BCUT2D eigenvalue weighted by Crippen LogP contribution is -2.38. The van der Waals surface area contributed by atoms with Crippen LogP contribution < -0.4 is 0 Å². The summed E-state index contributed by atoms with van der Waals surface area (Å²) >= 11 is 0. The minimum absolute atomic E-state index is 0.0340. The standard InChI is InChI=1S/C16H26N2O9/c19-7-12(22)11(21)4-9-5-18-10(6-17-9)15(26)16(13(23)8-20)27-3-1-2-14(24)25/h5-6,11-13,15-16,19-23,26H,1-4,7-8H2,(H,24,25)/t11-,12+,13+,15+,16-/m0/s1. The summed E-state index contributed by atoms with van der Waals surface area (Å²) in [5, 5.41) is 65.7. The number of aliphatic carboxylic acids is 1. The van der Waals surface area contributed by atoms with Gasteiger partial charge in [0.15, 0.2) is 0 Å². The smallest absolute Gasteiger partial charge is 0.303 e. The van der Waals surface area contributed by atoms with E-state index in [1.165, 1.54) is 12.4 Å². The summed E-state index contributed by atoms with van der Waals surface area (Å²) in [6.45, 7) is -1.34. The fraction of sp³-hybridized carbons (Fsp3) is 0.688. The maximum atomic E-state index is 10.5. The van der Waals surface area contributed by atoms with E-state index in [2.05, 4.69) is 9.97 Å². The zero-order valence-electron chi connectivity index (χ0n) is 14.6. The van der Waals surface area contributed by atoms with E-state index in [-0.39, 0.29) is 31.6 Å². The van der Waals surface area contributed by atoms with Crippen LogP contribution in [0.2, 0.25) is 0 Å². The van der Waals surface area contributed by atoms with Gasteiger partial charge in [-0.05, 0) is 6.42 Å². The van der Waals surface area contributed by atoms with Crippen molar-refractivity contribution in [2.45, 2.75) is 49.8 Å². The molecule has 0 aliphatic heterocycles. The zero-order valence-corrected chi connectivity index (χ0v) is 14.6. The largest absolute Gasteiger partial charge is 0.481 e. The molecule has 0 unspecified atom stereocenters. The average molecular weight is 390 g/mol. The van der Waals surface area contributed by atoms with Crippen LogP contribution in [0.15, 0.2) is 12.4 Å². The lowest BCUT2D eigenvalue weighted by Gasteiger charge is -2.26. The van der Waals surface area contributed by atoms with Gasteiger partial charge in [-0.15, -0.1) is 0 Å². The monoisotopic (exact) mass is 390 g/mol. The highest BCUT2D eigenvalue weighted by Crippen LogP contribution is 2.20. The van der Waals surface area contributed by atoms with E-state index in [1.807, 2.05) is 0 Å². The number of nitrogens with zero attached hydrogens (tertiary/aromatic N) is 2. The first-order chi connectivity index (χ1) is 12.8. The molecule has 0 fully saturated rings. The van der Waals surface area contributed by atoms with Crippen molar-refractivity contribution >= 4 is 5.97 Å². The summed E-state index contributed by atoms with van der Waals surface area (Å²) in [6, 6.07) is 0. The van der Waals surface area contributed by atoms with Gasteiger partial charge in [-0.2, -0.15) is 0 Å². The van der Waals surface area contributed by atoms with Crippen LogP contribution in [0.25, 0.3) is 0 Å². The number of carboxylic acid groups (broad SMARTS) is 1. The Labute approximate surface area is 155 Å². The predicted octanol–water partition coefficient (Wildman–Crippen LogP) is -2.63. The SMILES string of the molecule is O=C(O)CCCO[C@@H]([C@H](O)CO)[C@H](O)c1cnc(C[C@H](O)[C@H](O)CO)cn1. The molecule has 0 spiro atoms. The topological polar surface area (TPSA) is 194 Å². The molecule has 154 valence electrons. The summed E-state index contributed by atoms with van der Waals surface area (Å²) < 4.78 is 5.31. The molecule has 1 rings (SSSR count). The molecule has 5 atom stereocenters. The van der Waals surface area contributed by atoms with E-state index >= 15 is 0 Å². The molecule has 11 heteroatoms. The summed E-state index contributed by atoms with van der Waals surface area (Å²) in [5.41, 5.74) is 0.333. The van der Waals surface area contributed by atoms with Crippen molar-refractivity contribution in [3.05, 3.63) is 23.8 Å². The lowest BCUT2D eigenvalue weighted by atomic mass is 10.1. The highest BCUT2D eigenvalue weighted by molar-refractivity contribution is 5.66. The molecule has 0 radical (unpaired) electrons. The third-order valence-electron chi connectivity index (χ3n) is 3.80. The van der Waals surface area contributed by atoms with Crippen molar-refractivity contribution in [1.82, 2.24) is 9.97 Å². The number of ether oxygens (including phenoxy) is 1. The summed E-state index contributed by atoms with van der Waals surface area (Å²) in [4.78, 5) is 18.5. The summed E-state index contributed by atoms with van der Waals surface area (Å²) in [6.07, 6.45) is -4.28. The minimum atomic E-state index is -1.44. The Bertz CT molecular complexity index is 557. The molecule has 0 amide bonds. The van der Waals surface area contributed by atoms with Crippen LogP contribution in [0, 0.1) is 0 Å². The van der Waals surface area contributed by atoms with Gasteiger partial charge in [-0.1, -0.05) is 0 Å². The van der Waals surface area contributed by atoms with Gasteiger partial charge in [-0.3, -0.25) is 14.8 Å². The van der Waals surface area contributed by atoms with Crippen LogP contribution in [0.5, 0.6) is 0 Å². The first kappa shape index (κ1) is 23.3. The molecule has 0 saturated heterocycles. The van der Waals surface area contributed by atoms with Gasteiger partial charge in [0, 0.05) is 25.6 Å². The van der Waals surface area contributed by atoms with E-state index < -0.39 is 49.7 Å². The first-order valence-electron chi connectivity index (χ1n) is 8.38. The maximum absolute atomic E-state index is 10.5. The molecule has 7 N–H and O–H groups in total. The molecule has 0 aliphatic rings. The Morgan fingerprint density at radius 1 is 1.00 bits per heavy atom. The van der Waals surface area contributed by atoms with Crippen LogP contribution in [-0.4, -0.2) is 95.9 Å². The Morgan fingerprint density at radius 2 is 1.67 bits per heavy atom. The van der Waals surface area contributed by atoms with Gasteiger partial charge >= 0.3 is 5.97 Å². The molecule has 1 aromatic heterocycles. The molecule has 0 saturated carbocycles. The van der Waals surface area contributed by atoms with E-state index in [1.54, 1.807) is 0 Å². The molecule has 1 heterocycles. The van der Waals surface area contributed by atoms with Crippen LogP contribution >= 0.6 is 0 Å². The fourth-order valence-electron chi connectivity index (χ4n) is 2.22. The number of hydrogen-bond acceptors (Lipinski definition) is 10. The second kappa shape index (κ2) is 11.9. The fourth-order valence-corrected chi connectivity index (χ4v) is 2.22. The van der Waals surface area contributed by atoms with Gasteiger partial charge in [0.1, 0.15) is 24.4 Å². The van der Waals surface area contributed by atoms with Gasteiger partial charge < -0.3 is 40.5 Å². The van der Waals surface area contributed by atoms with Crippen molar-refractivity contribution < 1.29 is 45.3 Å². The van der Waals surface area contributed by atoms with Crippen molar-refractivity contribution in [3.8, 4) is 0 Å². The molecule has 27 heavy (non-hydrogen) atoms. The van der Waals surface area contributed by atoms with Gasteiger partial charge in [0.25, 0.3) is 0 Å². The predicted molar refractivity (Wildman–Crippen MR) is 89.5 cm³/mol. The second-order valence-corrected chi connectivity index (χ2v) is 5.98. The lowest BCUT2D eigenvalue weighted by molar-refractivity contribution is -0.138. The third kappa shape index (κ3) is 7.81. The van der Waals surface area contributed by atoms with E-state index in [4.69, 9.17) is 20.1 Å². The van der Waals surface area contributed by atoms with Gasteiger partial charge in [0.05, 0.1) is 36.9 Å². The second-order valence-electron chi connectivity index (χ2n) is 5.98. The highest BCUT2D eigenvalue weighted by Gasteiger charge is 2.30. The summed E-state index contributed by atoms with van der Waals surface area (Å²) in [7, 11) is 0. The number of hydrogen-bond donors (Lipinski definition) is 7. The number of aliphatic hydroxyl groups is 6. The van der Waals surface area contributed by atoms with Crippen LogP contribution in [-0.2, 0) is 16.0 Å². The average Bonchev–Trinajstić information content (AvgIpc) is 2.66. The molecule has 1 aromatic rings. The maximum Gasteiger partial charge on any atom is 0.303 e.